The molecule has 4 aliphatic rings. The van der Waals surface area contributed by atoms with E-state index in [1.54, 1.807) is 0 Å². The van der Waals surface area contributed by atoms with Crippen LogP contribution in [0.15, 0.2) is 497 Å². The third kappa shape index (κ3) is 11.9. The van der Waals surface area contributed by atoms with Crippen LogP contribution in [0.25, 0.3) is 100 Å². The van der Waals surface area contributed by atoms with Crippen molar-refractivity contribution in [1.29, 1.82) is 0 Å². The van der Waals surface area contributed by atoms with Gasteiger partial charge in [-0.15, -0.1) is 0 Å². The van der Waals surface area contributed by atoms with Crippen LogP contribution in [0.5, 0.6) is 0 Å². The average molecular weight is 1600 g/mol. The highest BCUT2D eigenvalue weighted by molar-refractivity contribution is 6.01. The SMILES string of the molecule is c1ccc(-c2ccc(N(c3cc(-c4ccccc4)cc(-c4ccccc4)c3)c3ccc4c(c3)-c3ccccc3C43c4ccccc4N(c4cccc(-c5ccc(-c6ccc(N(c7ccc(-c8ccccc8-c8ccccc8)cc7)c7ccc8c(c7)-c7ccccc7C87c8ccccc8N(c8ccccc8)c8ccccc87)cc6)cc5)c4)c4ccccc43)cc2)cc1. The van der Waals surface area contributed by atoms with Crippen molar-refractivity contribution in [2.24, 2.45) is 0 Å². The maximum Gasteiger partial charge on any atom is 0.0754 e. The van der Waals surface area contributed by atoms with Crippen molar-refractivity contribution in [2.75, 3.05) is 19.6 Å². The van der Waals surface area contributed by atoms with Gasteiger partial charge in [-0.25, -0.2) is 0 Å². The highest BCUT2D eigenvalue weighted by Gasteiger charge is 2.54. The maximum atomic E-state index is 2.50. The largest absolute Gasteiger partial charge is 0.310 e. The predicted molar refractivity (Wildman–Crippen MR) is 525 cm³/mol. The van der Waals surface area contributed by atoms with E-state index in [-0.39, 0.29) is 0 Å². The first-order chi connectivity index (χ1) is 62.5. The van der Waals surface area contributed by atoms with Gasteiger partial charge < -0.3 is 19.6 Å². The van der Waals surface area contributed by atoms with Crippen LogP contribution in [0.3, 0.4) is 0 Å². The first-order valence-electron chi connectivity index (χ1n) is 43.6. The van der Waals surface area contributed by atoms with Crippen LogP contribution in [0.2, 0.25) is 0 Å². The van der Waals surface area contributed by atoms with Gasteiger partial charge in [-0.1, -0.05) is 370 Å². The normalized spacial score (nSPS) is 13.0. The second-order valence-electron chi connectivity index (χ2n) is 33.3. The Hall–Kier alpha value is -16.4. The highest BCUT2D eigenvalue weighted by Crippen LogP contribution is 2.67. The molecular formula is C122H82N4. The monoisotopic (exact) mass is 1600 g/mol. The summed E-state index contributed by atoms with van der Waals surface area (Å²) in [7, 11) is 0. The summed E-state index contributed by atoms with van der Waals surface area (Å²) in [6, 6.07) is 185. The molecule has 0 N–H and O–H groups in total. The molecule has 0 bridgehead atoms. The molecule has 0 atom stereocenters. The van der Waals surface area contributed by atoms with Crippen LogP contribution in [0.4, 0.5) is 68.2 Å². The summed E-state index contributed by atoms with van der Waals surface area (Å²) in [6.07, 6.45) is 0. The fourth-order valence-corrected chi connectivity index (χ4v) is 21.1. The van der Waals surface area contributed by atoms with Gasteiger partial charge in [0.25, 0.3) is 0 Å². The Labute approximate surface area is 735 Å². The van der Waals surface area contributed by atoms with Gasteiger partial charge in [0.15, 0.2) is 0 Å². The molecule has 2 aliphatic carbocycles. The molecule has 126 heavy (non-hydrogen) atoms. The minimum Gasteiger partial charge on any atom is -0.310 e. The summed E-state index contributed by atoms with van der Waals surface area (Å²) >= 11 is 0. The zero-order valence-electron chi connectivity index (χ0n) is 69.1. The first kappa shape index (κ1) is 73.5. The van der Waals surface area contributed by atoms with Crippen molar-refractivity contribution in [2.45, 2.75) is 10.8 Å². The molecule has 4 nitrogen and oxygen atoms in total. The number of nitrogens with zero attached hydrogens (tertiary/aromatic N) is 4. The number of hydrogen-bond acceptors (Lipinski definition) is 4. The maximum absolute atomic E-state index is 2.50. The Kier molecular flexibility index (Phi) is 17.7. The smallest absolute Gasteiger partial charge is 0.0754 e. The van der Waals surface area contributed by atoms with Crippen molar-refractivity contribution < 1.29 is 0 Å². The number of fused-ring (bicyclic) bond motifs is 18. The van der Waals surface area contributed by atoms with Crippen molar-refractivity contribution in [3.05, 3.63) is 542 Å². The van der Waals surface area contributed by atoms with Crippen LogP contribution in [-0.2, 0) is 10.8 Å². The lowest BCUT2D eigenvalue weighted by molar-refractivity contribution is 0.752. The van der Waals surface area contributed by atoms with Gasteiger partial charge in [0.05, 0.1) is 33.6 Å². The van der Waals surface area contributed by atoms with Crippen LogP contribution >= 0.6 is 0 Å². The number of rotatable bonds is 15. The van der Waals surface area contributed by atoms with E-state index in [1.807, 2.05) is 0 Å². The Bertz CT molecular complexity index is 7400. The molecule has 0 fully saturated rings. The molecule has 0 amide bonds. The zero-order valence-corrected chi connectivity index (χ0v) is 69.1. The fraction of sp³-hybridized carbons (Fsp3) is 0.0164. The van der Waals surface area contributed by atoms with E-state index in [0.717, 1.165) is 107 Å². The topological polar surface area (TPSA) is 13.0 Å². The van der Waals surface area contributed by atoms with Gasteiger partial charge in [-0.3, -0.25) is 0 Å². The molecule has 2 spiro atoms. The fourth-order valence-electron chi connectivity index (χ4n) is 21.1. The Morgan fingerprint density at radius 1 is 0.135 bits per heavy atom. The van der Waals surface area contributed by atoms with E-state index >= 15 is 0 Å². The van der Waals surface area contributed by atoms with Crippen molar-refractivity contribution in [1.82, 2.24) is 0 Å². The molecule has 0 saturated heterocycles. The number of anilines is 12. The van der Waals surface area contributed by atoms with Gasteiger partial charge in [0.1, 0.15) is 0 Å². The molecule has 2 heterocycles. The van der Waals surface area contributed by atoms with Gasteiger partial charge in [-0.05, 0) is 272 Å². The number of benzene rings is 20. The van der Waals surface area contributed by atoms with Crippen molar-refractivity contribution >= 4 is 68.2 Å². The molecule has 0 saturated carbocycles. The number of hydrogen-bond donors (Lipinski definition) is 0. The van der Waals surface area contributed by atoms with E-state index in [1.165, 1.54) is 106 Å². The summed E-state index contributed by atoms with van der Waals surface area (Å²) in [5, 5.41) is 0. The van der Waals surface area contributed by atoms with Crippen molar-refractivity contribution in [3.8, 4) is 100 Å². The second-order valence-corrected chi connectivity index (χ2v) is 33.3. The van der Waals surface area contributed by atoms with E-state index < -0.39 is 10.8 Å². The lowest BCUT2D eigenvalue weighted by atomic mass is 9.64. The van der Waals surface area contributed by atoms with Gasteiger partial charge in [0, 0.05) is 45.5 Å². The molecule has 20 aromatic carbocycles. The Morgan fingerprint density at radius 3 is 0.810 bits per heavy atom. The van der Waals surface area contributed by atoms with E-state index in [9.17, 15) is 0 Å². The summed E-state index contributed by atoms with van der Waals surface area (Å²) in [5.41, 5.74) is 43.3. The molecule has 590 valence electrons. The molecule has 0 aromatic heterocycles. The third-order valence-corrected chi connectivity index (χ3v) is 26.6. The summed E-state index contributed by atoms with van der Waals surface area (Å²) < 4.78 is 0. The molecule has 24 rings (SSSR count). The Balaban J connectivity index is 0.577. The highest BCUT2D eigenvalue weighted by atomic mass is 15.2. The second kappa shape index (κ2) is 30.3. The summed E-state index contributed by atoms with van der Waals surface area (Å²) in [5.74, 6) is 0. The number of para-hydroxylation sites is 5. The predicted octanol–water partition coefficient (Wildman–Crippen LogP) is 32.6. The van der Waals surface area contributed by atoms with Gasteiger partial charge >= 0.3 is 0 Å². The quantitative estimate of drug-likeness (QED) is 0.101. The standard InChI is InChI=1S/C122H82N4/c1-6-31-83(32-7-1)87-61-69-98(70-62-87)124(102-79-93(84-33-8-2-9-34-84)77-94(80-102)85-35-10-3-11-36-85)101-74-76-112-108(82-101)106-46-19-21-48-110(106)122(112)115-51-24-28-55-119(115)126(120-56-29-25-52-116(120)122)99-42-30-39-92(78-99)89-59-57-86(58-60-89)88-63-67-96(68-64-88)123(97-71-65-91(66-72-97)104-44-17-16-43-103(104)90-37-12-4-13-38-90)100-73-75-111-107(81-100)105-45-18-20-47-109(105)121(111)113-49-22-26-53-117(113)125(95-40-14-5-15-41-95)118-54-27-23-50-114(118)121/h1-82H. The first-order valence-corrected chi connectivity index (χ1v) is 43.6. The van der Waals surface area contributed by atoms with Gasteiger partial charge in [-0.2, -0.15) is 0 Å². The van der Waals surface area contributed by atoms with E-state index in [0.29, 0.717) is 0 Å². The minimum absolute atomic E-state index is 0.583. The summed E-state index contributed by atoms with van der Waals surface area (Å²) in [4.78, 5) is 9.86. The van der Waals surface area contributed by atoms with Gasteiger partial charge in [0.2, 0.25) is 0 Å². The van der Waals surface area contributed by atoms with E-state index in [2.05, 4.69) is 517 Å². The molecule has 20 aromatic rings. The van der Waals surface area contributed by atoms with Crippen LogP contribution in [0.1, 0.15) is 44.5 Å². The average Bonchev–Trinajstić information content (AvgIpc) is 1.49. The summed E-state index contributed by atoms with van der Waals surface area (Å²) in [6.45, 7) is 0. The zero-order chi connectivity index (χ0) is 83.2. The van der Waals surface area contributed by atoms with Crippen molar-refractivity contribution in [3.63, 3.8) is 0 Å². The van der Waals surface area contributed by atoms with Crippen LogP contribution in [0, 0.1) is 0 Å². The molecule has 0 unspecified atom stereocenters. The molecular weight excluding hydrogens is 1520 g/mol. The molecule has 0 radical (unpaired) electrons. The third-order valence-electron chi connectivity index (χ3n) is 26.6. The van der Waals surface area contributed by atoms with Crippen LogP contribution < -0.4 is 19.6 Å². The minimum atomic E-state index is -0.655. The lowest BCUT2D eigenvalue weighted by Crippen LogP contribution is -2.36. The molecule has 4 heteroatoms. The van der Waals surface area contributed by atoms with Crippen LogP contribution in [-0.4, -0.2) is 0 Å². The Morgan fingerprint density at radius 2 is 0.397 bits per heavy atom. The molecule has 2 aliphatic heterocycles. The lowest BCUT2D eigenvalue weighted by Gasteiger charge is -2.45. The van der Waals surface area contributed by atoms with E-state index in [4.69, 9.17) is 0 Å².